The lowest BCUT2D eigenvalue weighted by Crippen LogP contribution is -2.07. The van der Waals surface area contributed by atoms with E-state index in [1.54, 1.807) is 32.2 Å². The van der Waals surface area contributed by atoms with E-state index in [0.29, 0.717) is 24.0 Å². The van der Waals surface area contributed by atoms with Crippen LogP contribution in [0.4, 0.5) is 10.7 Å². The topological polar surface area (TPSA) is 112 Å². The van der Waals surface area contributed by atoms with Gasteiger partial charge in [-0.05, 0) is 55.0 Å². The van der Waals surface area contributed by atoms with Crippen molar-refractivity contribution in [2.75, 3.05) is 43.3 Å². The molecule has 0 atom stereocenters. The summed E-state index contributed by atoms with van der Waals surface area (Å²) in [6.07, 6.45) is 2.43. The first-order chi connectivity index (χ1) is 17.5. The molecule has 0 radical (unpaired) electrons. The molecule has 36 heavy (non-hydrogen) atoms. The minimum absolute atomic E-state index is 0.209. The van der Waals surface area contributed by atoms with Gasteiger partial charge in [-0.25, -0.2) is 9.59 Å². The van der Waals surface area contributed by atoms with Crippen molar-refractivity contribution in [3.8, 4) is 21.9 Å². The Hall–Kier alpha value is -3.70. The molecule has 0 bridgehead atoms. The second-order valence-electron chi connectivity index (χ2n) is 7.04. The van der Waals surface area contributed by atoms with Crippen LogP contribution in [0.2, 0.25) is 0 Å². The van der Waals surface area contributed by atoms with Crippen LogP contribution in [0.3, 0.4) is 0 Å². The smallest absolute Gasteiger partial charge is 0.341 e. The molecule has 1 aromatic heterocycles. The third kappa shape index (κ3) is 6.92. The molecule has 3 aromatic rings. The van der Waals surface area contributed by atoms with Crippen LogP contribution >= 0.6 is 23.3 Å². The number of fused-ring (bicyclic) bond motifs is 1. The van der Waals surface area contributed by atoms with Gasteiger partial charge in [-0.2, -0.15) is 0 Å². The van der Waals surface area contributed by atoms with E-state index < -0.39 is 5.97 Å². The number of hydrogen-bond donors (Lipinski definition) is 2. The highest BCUT2D eigenvalue weighted by Crippen LogP contribution is 2.40. The Morgan fingerprint density at radius 2 is 1.89 bits per heavy atom. The summed E-state index contributed by atoms with van der Waals surface area (Å²) in [4.78, 5) is 34.3. The van der Waals surface area contributed by atoms with Crippen LogP contribution in [0, 0.1) is 0 Å². The summed E-state index contributed by atoms with van der Waals surface area (Å²) < 4.78 is 23.4. The van der Waals surface area contributed by atoms with E-state index in [1.807, 2.05) is 36.6 Å². The van der Waals surface area contributed by atoms with Crippen molar-refractivity contribution in [3.05, 3.63) is 59.7 Å². The number of hydrogen-bond acceptors (Lipinski definition) is 11. The molecule has 0 saturated heterocycles. The molecule has 9 nitrogen and oxygen atoms in total. The quantitative estimate of drug-likeness (QED) is 0.220. The molecule has 1 aliphatic heterocycles. The number of benzene rings is 2. The van der Waals surface area contributed by atoms with E-state index in [-0.39, 0.29) is 19.4 Å². The van der Waals surface area contributed by atoms with Gasteiger partial charge in [0.05, 0.1) is 17.7 Å². The monoisotopic (exact) mass is 530 g/mol. The summed E-state index contributed by atoms with van der Waals surface area (Å²) in [5.41, 5.74) is 2.78. The van der Waals surface area contributed by atoms with Crippen molar-refractivity contribution >= 4 is 52.2 Å². The minimum atomic E-state index is -0.494. The summed E-state index contributed by atoms with van der Waals surface area (Å²) in [6, 6.07) is 14.5. The molecular weight excluding hydrogens is 504 g/mol. The van der Waals surface area contributed by atoms with Gasteiger partial charge in [-0.15, -0.1) is 11.3 Å². The molecule has 0 fully saturated rings. The van der Waals surface area contributed by atoms with Gasteiger partial charge in [0.15, 0.2) is 17.8 Å². The predicted octanol–water partition coefficient (Wildman–Crippen LogP) is 5.09. The van der Waals surface area contributed by atoms with Crippen LogP contribution < -0.4 is 19.5 Å². The molecule has 1 aliphatic rings. The fourth-order valence-electron chi connectivity index (χ4n) is 3.15. The van der Waals surface area contributed by atoms with Crippen LogP contribution in [0.25, 0.3) is 10.4 Å². The molecule has 190 valence electrons. The first-order valence-electron chi connectivity index (χ1n) is 10.9. The molecule has 2 heterocycles. The molecule has 0 aliphatic carbocycles. The van der Waals surface area contributed by atoms with Gasteiger partial charge in [0.1, 0.15) is 11.6 Å². The zero-order chi connectivity index (χ0) is 25.9. The van der Waals surface area contributed by atoms with Crippen molar-refractivity contribution in [2.24, 2.45) is 0 Å². The van der Waals surface area contributed by atoms with Crippen molar-refractivity contribution in [1.29, 1.82) is 0 Å². The van der Waals surface area contributed by atoms with E-state index in [0.717, 1.165) is 32.6 Å². The van der Waals surface area contributed by atoms with E-state index in [2.05, 4.69) is 14.8 Å². The number of carbonyl (C=O) groups excluding carboxylic acids is 3. The van der Waals surface area contributed by atoms with Crippen molar-refractivity contribution in [2.45, 2.75) is 6.92 Å². The molecule has 0 amide bonds. The third-order valence-electron chi connectivity index (χ3n) is 4.71. The number of aldehydes is 1. The van der Waals surface area contributed by atoms with E-state index in [4.69, 9.17) is 14.2 Å². The molecule has 0 saturated carbocycles. The number of ether oxygens (including phenoxy) is 4. The maximum Gasteiger partial charge on any atom is 0.341 e. The normalized spacial score (nSPS) is 11.1. The van der Waals surface area contributed by atoms with Crippen molar-refractivity contribution in [1.82, 2.24) is 0 Å². The lowest BCUT2D eigenvalue weighted by Gasteiger charge is -2.04. The first-order valence-corrected chi connectivity index (χ1v) is 12.9. The summed E-state index contributed by atoms with van der Waals surface area (Å²) >= 11 is 2.94. The second-order valence-corrected chi connectivity index (χ2v) is 8.71. The van der Waals surface area contributed by atoms with Crippen LogP contribution in [-0.4, -0.2) is 51.5 Å². The van der Waals surface area contributed by atoms with Gasteiger partial charge in [-0.3, -0.25) is 4.79 Å². The first kappa shape index (κ1) is 26.9. The Balaban J connectivity index is 0.000000214. The number of anilines is 2. The Bertz CT molecular complexity index is 1210. The van der Waals surface area contributed by atoms with E-state index >= 15 is 0 Å². The van der Waals surface area contributed by atoms with E-state index in [9.17, 15) is 14.4 Å². The molecule has 0 spiro atoms. The Morgan fingerprint density at radius 3 is 2.61 bits per heavy atom. The van der Waals surface area contributed by atoms with Crippen LogP contribution in [0.15, 0.2) is 48.5 Å². The summed E-state index contributed by atoms with van der Waals surface area (Å²) in [5.74, 6) is 0.663. The maximum absolute atomic E-state index is 12.0. The van der Waals surface area contributed by atoms with E-state index in [1.165, 1.54) is 23.3 Å². The van der Waals surface area contributed by atoms with Gasteiger partial charge in [0, 0.05) is 23.9 Å². The highest BCUT2D eigenvalue weighted by atomic mass is 32.2. The fraction of sp³-hybridized carbons (Fsp3) is 0.240. The zero-order valence-electron chi connectivity index (χ0n) is 20.0. The van der Waals surface area contributed by atoms with Crippen molar-refractivity contribution in [3.63, 3.8) is 0 Å². The Kier molecular flexibility index (Phi) is 10.0. The lowest BCUT2D eigenvalue weighted by molar-refractivity contribution is -0.110. The van der Waals surface area contributed by atoms with Crippen LogP contribution in [0.1, 0.15) is 27.6 Å². The summed E-state index contributed by atoms with van der Waals surface area (Å²) in [7, 11) is 1.79. The fourth-order valence-corrected chi connectivity index (χ4v) is 4.51. The SMILES string of the molecule is CCOC(=O)c1cc(-c2ccc3c(c2)OCO3)sc1NC.CSNc1cccc(C(=O)OCC=O)c1. The Morgan fingerprint density at radius 1 is 1.08 bits per heavy atom. The van der Waals surface area contributed by atoms with Crippen LogP contribution in [0.5, 0.6) is 11.5 Å². The van der Waals surface area contributed by atoms with Gasteiger partial charge in [-0.1, -0.05) is 18.0 Å². The highest BCUT2D eigenvalue weighted by molar-refractivity contribution is 7.99. The molecule has 4 rings (SSSR count). The molecule has 2 aromatic carbocycles. The number of rotatable bonds is 9. The van der Waals surface area contributed by atoms with Crippen LogP contribution in [-0.2, 0) is 14.3 Å². The maximum atomic E-state index is 12.0. The standard InChI is InChI=1S/C15H15NO4S.C10H11NO3S/c1-3-18-15(17)10-7-13(21-14(10)16-2)9-4-5-11-12(6-9)20-8-19-11;1-15-11-9-4-2-3-8(7-9)10(13)14-6-5-12/h4-7,16H,3,8H2,1-2H3;2-5,7,11H,6H2,1H3. The zero-order valence-corrected chi connectivity index (χ0v) is 21.6. The van der Waals surface area contributed by atoms with Gasteiger partial charge in [0.25, 0.3) is 0 Å². The number of carbonyl (C=O) groups is 3. The number of thiophene rings is 1. The average Bonchev–Trinajstić information content (AvgIpc) is 3.55. The lowest BCUT2D eigenvalue weighted by atomic mass is 10.1. The van der Waals surface area contributed by atoms with Gasteiger partial charge in [0.2, 0.25) is 6.79 Å². The number of esters is 2. The minimum Gasteiger partial charge on any atom is -0.462 e. The Labute approximate surface area is 217 Å². The molecule has 0 unspecified atom stereocenters. The molecule has 2 N–H and O–H groups in total. The predicted molar refractivity (Wildman–Crippen MR) is 141 cm³/mol. The average molecular weight is 531 g/mol. The molecular formula is C25H26N2O7S2. The third-order valence-corrected chi connectivity index (χ3v) is 6.35. The van der Waals surface area contributed by atoms with Gasteiger partial charge < -0.3 is 29.0 Å². The summed E-state index contributed by atoms with van der Waals surface area (Å²) in [5, 5.41) is 3.83. The van der Waals surface area contributed by atoms with Crippen molar-refractivity contribution < 1.29 is 33.3 Å². The number of nitrogens with one attached hydrogen (secondary N) is 2. The second kappa shape index (κ2) is 13.4. The molecule has 11 heteroatoms. The largest absolute Gasteiger partial charge is 0.462 e. The van der Waals surface area contributed by atoms with Gasteiger partial charge >= 0.3 is 11.9 Å². The summed E-state index contributed by atoms with van der Waals surface area (Å²) in [6.45, 7) is 2.19. The highest BCUT2D eigenvalue weighted by Gasteiger charge is 2.19.